The van der Waals surface area contributed by atoms with Crippen LogP contribution in [0.15, 0.2) is 46.9 Å². The van der Waals surface area contributed by atoms with E-state index in [0.29, 0.717) is 15.7 Å². The average molecular weight is 319 g/mol. The van der Waals surface area contributed by atoms with Crippen molar-refractivity contribution in [1.29, 1.82) is 5.26 Å². The molecule has 0 heterocycles. The second kappa shape index (κ2) is 5.63. The Morgan fingerprint density at radius 1 is 1.21 bits per heavy atom. The maximum absolute atomic E-state index is 13.1. The molecule has 2 rings (SSSR count). The standard InChI is InChI=1S/C14H8BrFN2O/c15-13-6-3-10(16)7-12(13)14(19)18-11-4-1-9(8-17)2-5-11/h1-7H,(H,18,19). The molecule has 0 aliphatic rings. The van der Waals surface area contributed by atoms with Crippen LogP contribution >= 0.6 is 15.9 Å². The second-order valence-corrected chi connectivity index (χ2v) is 4.62. The van der Waals surface area contributed by atoms with Crippen LogP contribution in [0.1, 0.15) is 15.9 Å². The third-order valence-electron chi connectivity index (χ3n) is 2.44. The first kappa shape index (κ1) is 13.2. The van der Waals surface area contributed by atoms with E-state index in [9.17, 15) is 9.18 Å². The van der Waals surface area contributed by atoms with Gasteiger partial charge < -0.3 is 5.32 Å². The zero-order valence-electron chi connectivity index (χ0n) is 9.65. The lowest BCUT2D eigenvalue weighted by Gasteiger charge is -2.07. The molecule has 94 valence electrons. The first-order valence-corrected chi connectivity index (χ1v) is 6.16. The van der Waals surface area contributed by atoms with E-state index >= 15 is 0 Å². The number of hydrogen-bond acceptors (Lipinski definition) is 2. The van der Waals surface area contributed by atoms with Gasteiger partial charge in [0, 0.05) is 10.2 Å². The van der Waals surface area contributed by atoms with Gasteiger partial charge >= 0.3 is 0 Å². The van der Waals surface area contributed by atoms with Crippen LogP contribution in [-0.4, -0.2) is 5.91 Å². The van der Waals surface area contributed by atoms with E-state index in [-0.39, 0.29) is 5.56 Å². The van der Waals surface area contributed by atoms with Gasteiger partial charge in [0.2, 0.25) is 0 Å². The molecule has 0 atom stereocenters. The summed E-state index contributed by atoms with van der Waals surface area (Å²) in [6, 6.07) is 12.3. The number of nitrogens with zero attached hydrogens (tertiary/aromatic N) is 1. The molecule has 0 unspecified atom stereocenters. The molecule has 0 spiro atoms. The largest absolute Gasteiger partial charge is 0.322 e. The predicted molar refractivity (Wildman–Crippen MR) is 73.2 cm³/mol. The Labute approximate surface area is 117 Å². The molecule has 1 amide bonds. The van der Waals surface area contributed by atoms with E-state index in [0.717, 1.165) is 6.07 Å². The van der Waals surface area contributed by atoms with Crippen LogP contribution in [0.25, 0.3) is 0 Å². The topological polar surface area (TPSA) is 52.9 Å². The number of nitrogens with one attached hydrogen (secondary N) is 1. The molecule has 0 radical (unpaired) electrons. The molecule has 0 aliphatic carbocycles. The van der Waals surface area contributed by atoms with Crippen LogP contribution in [-0.2, 0) is 0 Å². The summed E-state index contributed by atoms with van der Waals surface area (Å²) in [7, 11) is 0. The van der Waals surface area contributed by atoms with Crippen LogP contribution < -0.4 is 5.32 Å². The lowest BCUT2D eigenvalue weighted by Crippen LogP contribution is -2.12. The van der Waals surface area contributed by atoms with Gasteiger partial charge in [-0.1, -0.05) is 0 Å². The minimum Gasteiger partial charge on any atom is -0.322 e. The Kier molecular flexibility index (Phi) is 3.93. The monoisotopic (exact) mass is 318 g/mol. The first-order chi connectivity index (χ1) is 9.10. The van der Waals surface area contributed by atoms with E-state index in [1.54, 1.807) is 24.3 Å². The van der Waals surface area contributed by atoms with Crippen LogP contribution in [0, 0.1) is 17.1 Å². The van der Waals surface area contributed by atoms with Gasteiger partial charge in [-0.05, 0) is 58.4 Å². The maximum atomic E-state index is 13.1. The zero-order valence-corrected chi connectivity index (χ0v) is 11.2. The molecule has 2 aromatic carbocycles. The number of hydrogen-bond donors (Lipinski definition) is 1. The molecule has 19 heavy (non-hydrogen) atoms. The Morgan fingerprint density at radius 3 is 2.53 bits per heavy atom. The van der Waals surface area contributed by atoms with Gasteiger partial charge in [-0.3, -0.25) is 4.79 Å². The molecule has 0 saturated carbocycles. The van der Waals surface area contributed by atoms with Gasteiger partial charge in [0.25, 0.3) is 5.91 Å². The van der Waals surface area contributed by atoms with Gasteiger partial charge in [0.05, 0.1) is 17.2 Å². The third kappa shape index (κ3) is 3.18. The number of anilines is 1. The number of carbonyl (C=O) groups is 1. The molecular formula is C14H8BrFN2O. The number of halogens is 2. The van der Waals surface area contributed by atoms with Crippen LogP contribution in [0.5, 0.6) is 0 Å². The van der Waals surface area contributed by atoms with Crippen molar-refractivity contribution in [2.45, 2.75) is 0 Å². The summed E-state index contributed by atoms with van der Waals surface area (Å²) in [6.45, 7) is 0. The fourth-order valence-corrected chi connectivity index (χ4v) is 1.92. The number of nitriles is 1. The van der Waals surface area contributed by atoms with E-state index in [1.807, 2.05) is 6.07 Å². The average Bonchev–Trinajstić information content (AvgIpc) is 2.42. The molecule has 0 bridgehead atoms. The number of rotatable bonds is 2. The Balaban J connectivity index is 2.21. The Hall–Kier alpha value is -2.19. The highest BCUT2D eigenvalue weighted by molar-refractivity contribution is 9.10. The SMILES string of the molecule is N#Cc1ccc(NC(=O)c2cc(F)ccc2Br)cc1. The molecule has 0 aliphatic heterocycles. The van der Waals surface area contributed by atoms with Crippen molar-refractivity contribution in [3.63, 3.8) is 0 Å². The Morgan fingerprint density at radius 2 is 1.89 bits per heavy atom. The summed E-state index contributed by atoms with van der Waals surface area (Å²) in [6.07, 6.45) is 0. The van der Waals surface area contributed by atoms with Crippen LogP contribution in [0.2, 0.25) is 0 Å². The molecule has 3 nitrogen and oxygen atoms in total. The molecular weight excluding hydrogens is 311 g/mol. The highest BCUT2D eigenvalue weighted by Gasteiger charge is 2.11. The van der Waals surface area contributed by atoms with E-state index < -0.39 is 11.7 Å². The maximum Gasteiger partial charge on any atom is 0.256 e. The predicted octanol–water partition coefficient (Wildman–Crippen LogP) is 3.71. The molecule has 0 fully saturated rings. The molecule has 0 aromatic heterocycles. The molecule has 1 N–H and O–H groups in total. The van der Waals surface area contributed by atoms with Gasteiger partial charge in [-0.25, -0.2) is 4.39 Å². The van der Waals surface area contributed by atoms with Crippen molar-refractivity contribution < 1.29 is 9.18 Å². The smallest absolute Gasteiger partial charge is 0.256 e. The summed E-state index contributed by atoms with van der Waals surface area (Å²) in [5.41, 5.74) is 1.26. The fourth-order valence-electron chi connectivity index (χ4n) is 1.50. The normalized spacial score (nSPS) is 9.74. The van der Waals surface area contributed by atoms with Gasteiger partial charge in [-0.15, -0.1) is 0 Å². The fraction of sp³-hybridized carbons (Fsp3) is 0. The van der Waals surface area contributed by atoms with E-state index in [1.165, 1.54) is 12.1 Å². The lowest BCUT2D eigenvalue weighted by molar-refractivity contribution is 0.102. The number of carbonyl (C=O) groups excluding carboxylic acids is 1. The first-order valence-electron chi connectivity index (χ1n) is 5.37. The number of benzene rings is 2. The number of amides is 1. The lowest BCUT2D eigenvalue weighted by atomic mass is 10.2. The van der Waals surface area contributed by atoms with Crippen LogP contribution in [0.4, 0.5) is 10.1 Å². The van der Waals surface area contributed by atoms with Crippen molar-refractivity contribution in [3.8, 4) is 6.07 Å². The summed E-state index contributed by atoms with van der Waals surface area (Å²) >= 11 is 3.20. The highest BCUT2D eigenvalue weighted by Crippen LogP contribution is 2.19. The van der Waals surface area contributed by atoms with E-state index in [2.05, 4.69) is 21.2 Å². The van der Waals surface area contributed by atoms with Crippen molar-refractivity contribution >= 4 is 27.5 Å². The minimum absolute atomic E-state index is 0.212. The van der Waals surface area contributed by atoms with Crippen LogP contribution in [0.3, 0.4) is 0 Å². The minimum atomic E-state index is -0.479. The summed E-state index contributed by atoms with van der Waals surface area (Å²) in [5.74, 6) is -0.899. The van der Waals surface area contributed by atoms with Crippen molar-refractivity contribution in [3.05, 3.63) is 63.9 Å². The highest BCUT2D eigenvalue weighted by atomic mass is 79.9. The summed E-state index contributed by atoms with van der Waals surface area (Å²) < 4.78 is 13.6. The zero-order chi connectivity index (χ0) is 13.8. The third-order valence-corrected chi connectivity index (χ3v) is 3.14. The molecule has 5 heteroatoms. The quantitative estimate of drug-likeness (QED) is 0.917. The van der Waals surface area contributed by atoms with Gasteiger partial charge in [0.1, 0.15) is 5.82 Å². The second-order valence-electron chi connectivity index (χ2n) is 3.77. The van der Waals surface area contributed by atoms with Crippen molar-refractivity contribution in [2.24, 2.45) is 0 Å². The summed E-state index contributed by atoms with van der Waals surface area (Å²) in [4.78, 5) is 12.0. The van der Waals surface area contributed by atoms with Gasteiger partial charge in [-0.2, -0.15) is 5.26 Å². The van der Waals surface area contributed by atoms with E-state index in [4.69, 9.17) is 5.26 Å². The molecule has 2 aromatic rings. The van der Waals surface area contributed by atoms with Crippen molar-refractivity contribution in [2.75, 3.05) is 5.32 Å². The van der Waals surface area contributed by atoms with Gasteiger partial charge in [0.15, 0.2) is 0 Å². The summed E-state index contributed by atoms with van der Waals surface area (Å²) in [5, 5.41) is 11.3. The Bertz CT molecular complexity index is 662. The molecule has 0 saturated heterocycles. The van der Waals surface area contributed by atoms with Crippen molar-refractivity contribution in [1.82, 2.24) is 0 Å².